The Labute approximate surface area is 146 Å². The average molecular weight is 381 g/mol. The zero-order valence-corrected chi connectivity index (χ0v) is 15.4. The van der Waals surface area contributed by atoms with E-state index in [0.717, 1.165) is 19.3 Å². The minimum Gasteiger partial charge on any atom is -0.393 e. The first kappa shape index (κ1) is 16.0. The lowest BCUT2D eigenvalue weighted by Crippen LogP contribution is -2.57. The number of hydrogen-bond donors (Lipinski definition) is 1. The highest BCUT2D eigenvalue weighted by molar-refractivity contribution is 9.10. The summed E-state index contributed by atoms with van der Waals surface area (Å²) in [6.45, 7) is 4.38. The van der Waals surface area contributed by atoms with Crippen LogP contribution >= 0.6 is 15.9 Å². The molecule has 23 heavy (non-hydrogen) atoms. The molecule has 0 bridgehead atoms. The summed E-state index contributed by atoms with van der Waals surface area (Å²) in [6, 6.07) is 0. The average Bonchev–Trinajstić information content (AvgIpc) is 2.73. The topological polar surface area (TPSA) is 54.4 Å². The standard InChI is InChI=1S/C19H25BrO3/c1-18-5-3-11(21)7-10(18)8-15(22)16-12(18)4-6-19(2)13(16)9-14(20)17(19)23/h3,5,10,12-16,22H,4,6-9H2,1-2H3/t10?,12-,13+,14?,15?,16-,18+,19+/m1/s1. The zero-order chi connectivity index (χ0) is 16.6. The largest absolute Gasteiger partial charge is 0.393 e. The van der Waals surface area contributed by atoms with Gasteiger partial charge in [-0.25, -0.2) is 0 Å². The van der Waals surface area contributed by atoms with E-state index >= 15 is 0 Å². The lowest BCUT2D eigenvalue weighted by molar-refractivity contribution is -0.150. The molecule has 0 aromatic heterocycles. The molecule has 0 saturated heterocycles. The Morgan fingerprint density at radius 2 is 1.96 bits per heavy atom. The van der Waals surface area contributed by atoms with Crippen LogP contribution in [-0.2, 0) is 9.59 Å². The number of carbonyl (C=O) groups excluding carboxylic acids is 2. The number of ketones is 2. The molecule has 4 aliphatic carbocycles. The first-order valence-electron chi connectivity index (χ1n) is 8.86. The predicted octanol–water partition coefficient (Wildman–Crippen LogP) is 3.29. The van der Waals surface area contributed by atoms with Crippen LogP contribution in [0.25, 0.3) is 0 Å². The number of alkyl halides is 1. The quantitative estimate of drug-likeness (QED) is 0.656. The van der Waals surface area contributed by atoms with E-state index in [1.165, 1.54) is 0 Å². The molecule has 0 aromatic rings. The fourth-order valence-corrected chi connectivity index (χ4v) is 7.29. The van der Waals surface area contributed by atoms with E-state index in [1.54, 1.807) is 6.08 Å². The van der Waals surface area contributed by atoms with Gasteiger partial charge in [0, 0.05) is 11.8 Å². The van der Waals surface area contributed by atoms with Gasteiger partial charge < -0.3 is 5.11 Å². The molecule has 126 valence electrons. The smallest absolute Gasteiger partial charge is 0.155 e. The molecule has 8 atom stereocenters. The molecule has 1 N–H and O–H groups in total. The molecule has 0 aromatic carbocycles. The maximum Gasteiger partial charge on any atom is 0.155 e. The summed E-state index contributed by atoms with van der Waals surface area (Å²) < 4.78 is 0. The Bertz CT molecular complexity index is 599. The van der Waals surface area contributed by atoms with Gasteiger partial charge in [0.1, 0.15) is 0 Å². The van der Waals surface area contributed by atoms with Gasteiger partial charge in [0.15, 0.2) is 11.6 Å². The SMILES string of the molecule is C[C@]12C=CC(=O)CC1CC(O)[C@@H]1[C@H]2CC[C@]2(C)C(=O)C(Br)C[C@@H]12. The van der Waals surface area contributed by atoms with Gasteiger partial charge >= 0.3 is 0 Å². The van der Waals surface area contributed by atoms with Crippen LogP contribution in [0.5, 0.6) is 0 Å². The summed E-state index contributed by atoms with van der Waals surface area (Å²) in [5, 5.41) is 10.9. The van der Waals surface area contributed by atoms with Crippen molar-refractivity contribution < 1.29 is 14.7 Å². The highest BCUT2D eigenvalue weighted by Gasteiger charge is 2.63. The first-order valence-corrected chi connectivity index (χ1v) is 9.77. The number of aliphatic hydroxyl groups excluding tert-OH is 1. The fourth-order valence-electron chi connectivity index (χ4n) is 6.36. The van der Waals surface area contributed by atoms with Gasteiger partial charge in [-0.05, 0) is 60.8 Å². The third-order valence-electron chi connectivity index (χ3n) is 7.76. The predicted molar refractivity (Wildman–Crippen MR) is 91.1 cm³/mol. The van der Waals surface area contributed by atoms with Gasteiger partial charge in [0.25, 0.3) is 0 Å². The lowest BCUT2D eigenvalue weighted by atomic mass is 9.46. The molecule has 0 amide bonds. The van der Waals surface area contributed by atoms with Crippen LogP contribution in [0.1, 0.15) is 46.0 Å². The number of halogens is 1. The summed E-state index contributed by atoms with van der Waals surface area (Å²) in [5.74, 6) is 1.59. The van der Waals surface area contributed by atoms with E-state index in [9.17, 15) is 14.7 Å². The van der Waals surface area contributed by atoms with Gasteiger partial charge in [0.2, 0.25) is 0 Å². The Morgan fingerprint density at radius 1 is 1.22 bits per heavy atom. The van der Waals surface area contributed by atoms with Crippen LogP contribution in [0.4, 0.5) is 0 Å². The summed E-state index contributed by atoms with van der Waals surface area (Å²) >= 11 is 3.57. The molecule has 0 radical (unpaired) electrons. The molecule has 4 rings (SSSR count). The number of fused-ring (bicyclic) bond motifs is 5. The third-order valence-corrected chi connectivity index (χ3v) is 8.55. The number of allylic oxidation sites excluding steroid dienone is 2. The van der Waals surface area contributed by atoms with E-state index in [1.807, 2.05) is 0 Å². The van der Waals surface area contributed by atoms with E-state index in [2.05, 4.69) is 35.9 Å². The number of hydrogen-bond acceptors (Lipinski definition) is 3. The van der Waals surface area contributed by atoms with Gasteiger partial charge in [-0.2, -0.15) is 0 Å². The van der Waals surface area contributed by atoms with E-state index in [-0.39, 0.29) is 45.3 Å². The van der Waals surface area contributed by atoms with Crippen molar-refractivity contribution in [3.8, 4) is 0 Å². The van der Waals surface area contributed by atoms with Gasteiger partial charge in [0.05, 0.1) is 10.9 Å². The number of rotatable bonds is 0. The Balaban J connectivity index is 1.74. The minimum absolute atomic E-state index is 0.00736. The van der Waals surface area contributed by atoms with Crippen molar-refractivity contribution in [3.05, 3.63) is 12.2 Å². The van der Waals surface area contributed by atoms with E-state index in [0.29, 0.717) is 24.5 Å². The molecule has 0 aliphatic heterocycles. The summed E-state index contributed by atoms with van der Waals surface area (Å²) in [4.78, 5) is 24.4. The fraction of sp³-hybridized carbons (Fsp3) is 0.789. The highest BCUT2D eigenvalue weighted by atomic mass is 79.9. The molecule has 3 saturated carbocycles. The summed E-state index contributed by atoms with van der Waals surface area (Å²) in [7, 11) is 0. The maximum atomic E-state index is 12.7. The molecule has 3 unspecified atom stereocenters. The van der Waals surface area contributed by atoms with Crippen LogP contribution in [0, 0.1) is 34.5 Å². The zero-order valence-electron chi connectivity index (χ0n) is 13.8. The van der Waals surface area contributed by atoms with Crippen molar-refractivity contribution in [1.82, 2.24) is 0 Å². The van der Waals surface area contributed by atoms with Crippen molar-refractivity contribution in [2.24, 2.45) is 34.5 Å². The Kier molecular flexibility index (Phi) is 3.49. The van der Waals surface area contributed by atoms with E-state index < -0.39 is 0 Å². The monoisotopic (exact) mass is 380 g/mol. The van der Waals surface area contributed by atoms with Crippen molar-refractivity contribution in [2.75, 3.05) is 0 Å². The first-order chi connectivity index (χ1) is 10.8. The van der Waals surface area contributed by atoms with Crippen molar-refractivity contribution >= 4 is 27.5 Å². The van der Waals surface area contributed by atoms with Crippen LogP contribution in [0.3, 0.4) is 0 Å². The van der Waals surface area contributed by atoms with Gasteiger partial charge in [-0.3, -0.25) is 9.59 Å². The second kappa shape index (κ2) is 5.01. The second-order valence-electron chi connectivity index (χ2n) is 8.68. The summed E-state index contributed by atoms with van der Waals surface area (Å²) in [5.41, 5.74) is -0.291. The Hall–Kier alpha value is -0.480. The number of carbonyl (C=O) groups is 2. The van der Waals surface area contributed by atoms with Gasteiger partial charge in [-0.15, -0.1) is 0 Å². The highest BCUT2D eigenvalue weighted by Crippen LogP contribution is 2.64. The lowest BCUT2D eigenvalue weighted by Gasteiger charge is -2.59. The Morgan fingerprint density at radius 3 is 2.70 bits per heavy atom. The van der Waals surface area contributed by atoms with Crippen LogP contribution < -0.4 is 0 Å². The molecule has 0 spiro atoms. The normalized spacial score (nSPS) is 55.3. The molecule has 3 nitrogen and oxygen atoms in total. The van der Waals surface area contributed by atoms with Crippen LogP contribution in [0.15, 0.2) is 12.2 Å². The number of aliphatic hydroxyl groups is 1. The molecule has 4 heteroatoms. The van der Waals surface area contributed by atoms with Crippen molar-refractivity contribution in [1.29, 1.82) is 0 Å². The van der Waals surface area contributed by atoms with Gasteiger partial charge in [-0.1, -0.05) is 35.9 Å². The second-order valence-corrected chi connectivity index (χ2v) is 9.79. The van der Waals surface area contributed by atoms with Crippen molar-refractivity contribution in [2.45, 2.75) is 56.9 Å². The van der Waals surface area contributed by atoms with Crippen molar-refractivity contribution in [3.63, 3.8) is 0 Å². The van der Waals surface area contributed by atoms with Crippen LogP contribution in [0.2, 0.25) is 0 Å². The minimum atomic E-state index is -0.382. The molecular weight excluding hydrogens is 356 g/mol. The number of Topliss-reactive ketones (excluding diaryl/α,β-unsaturated/α-hetero) is 1. The third kappa shape index (κ3) is 2.03. The molecule has 3 fully saturated rings. The molecule has 0 heterocycles. The summed E-state index contributed by atoms with van der Waals surface area (Å²) in [6.07, 6.45) is 7.49. The van der Waals surface area contributed by atoms with E-state index in [4.69, 9.17) is 0 Å². The molecule has 4 aliphatic rings. The van der Waals surface area contributed by atoms with Crippen LogP contribution in [-0.4, -0.2) is 27.6 Å². The maximum absolute atomic E-state index is 12.7. The molecular formula is C19H25BrO3.